The van der Waals surface area contributed by atoms with Crippen LogP contribution in [0, 0.1) is 5.92 Å². The quantitative estimate of drug-likeness (QED) is 0.867. The number of amides is 2. The topological polar surface area (TPSA) is 72.2 Å². The lowest BCUT2D eigenvalue weighted by Gasteiger charge is -2.16. The second-order valence-electron chi connectivity index (χ2n) is 5.14. The SMILES string of the molecule is NC(=O)[C@H](Cc1ccc(C(F)(F)F)cc1)NC(=O)C1CC1. The molecule has 1 aromatic rings. The third-order valence-corrected chi connectivity index (χ3v) is 3.33. The molecule has 0 spiro atoms. The number of nitrogens with two attached hydrogens (primary N) is 1. The van der Waals surface area contributed by atoms with Crippen LogP contribution in [0.15, 0.2) is 24.3 Å². The molecule has 1 saturated carbocycles. The number of hydrogen-bond donors (Lipinski definition) is 2. The predicted octanol–water partition coefficient (Wildman–Crippen LogP) is 1.63. The van der Waals surface area contributed by atoms with Crippen molar-refractivity contribution in [2.24, 2.45) is 11.7 Å². The minimum atomic E-state index is -4.40. The molecule has 0 aromatic heterocycles. The van der Waals surface area contributed by atoms with Crippen molar-refractivity contribution in [2.75, 3.05) is 0 Å². The summed E-state index contributed by atoms with van der Waals surface area (Å²) in [6, 6.07) is 3.53. The summed E-state index contributed by atoms with van der Waals surface area (Å²) in [4.78, 5) is 23.0. The number of hydrogen-bond acceptors (Lipinski definition) is 2. The third-order valence-electron chi connectivity index (χ3n) is 3.33. The second-order valence-corrected chi connectivity index (χ2v) is 5.14. The van der Waals surface area contributed by atoms with E-state index in [1.54, 1.807) is 0 Å². The zero-order chi connectivity index (χ0) is 15.6. The van der Waals surface area contributed by atoms with Crippen molar-refractivity contribution in [1.82, 2.24) is 5.32 Å². The van der Waals surface area contributed by atoms with Gasteiger partial charge in [-0.1, -0.05) is 12.1 Å². The second kappa shape index (κ2) is 5.75. The summed E-state index contributed by atoms with van der Waals surface area (Å²) in [6.07, 6.45) is -2.75. The highest BCUT2D eigenvalue weighted by Crippen LogP contribution is 2.30. The van der Waals surface area contributed by atoms with Crippen molar-refractivity contribution >= 4 is 11.8 Å². The molecule has 1 aliphatic rings. The van der Waals surface area contributed by atoms with E-state index in [0.717, 1.165) is 25.0 Å². The smallest absolute Gasteiger partial charge is 0.368 e. The molecule has 1 aliphatic carbocycles. The van der Waals surface area contributed by atoms with Crippen LogP contribution in [0.4, 0.5) is 13.2 Å². The number of carbonyl (C=O) groups excluding carboxylic acids is 2. The maximum absolute atomic E-state index is 12.4. The Morgan fingerprint density at radius 1 is 1.24 bits per heavy atom. The zero-order valence-corrected chi connectivity index (χ0v) is 11.1. The molecule has 4 nitrogen and oxygen atoms in total. The maximum Gasteiger partial charge on any atom is 0.416 e. The Kier molecular flexibility index (Phi) is 4.20. The van der Waals surface area contributed by atoms with E-state index in [-0.39, 0.29) is 18.2 Å². The Morgan fingerprint density at radius 3 is 2.24 bits per heavy atom. The van der Waals surface area contributed by atoms with E-state index >= 15 is 0 Å². The lowest BCUT2D eigenvalue weighted by atomic mass is 10.0. The number of primary amides is 1. The van der Waals surface area contributed by atoms with E-state index in [4.69, 9.17) is 5.73 Å². The first-order valence-corrected chi connectivity index (χ1v) is 6.53. The molecule has 1 atom stereocenters. The van der Waals surface area contributed by atoms with Crippen molar-refractivity contribution in [3.8, 4) is 0 Å². The molecule has 0 aliphatic heterocycles. The van der Waals surface area contributed by atoms with Gasteiger partial charge in [0.15, 0.2) is 0 Å². The molecule has 3 N–H and O–H groups in total. The summed E-state index contributed by atoms with van der Waals surface area (Å²) < 4.78 is 37.3. The van der Waals surface area contributed by atoms with Gasteiger partial charge in [0, 0.05) is 12.3 Å². The monoisotopic (exact) mass is 300 g/mol. The van der Waals surface area contributed by atoms with Crippen LogP contribution in [0.5, 0.6) is 0 Å². The molecule has 0 heterocycles. The molecular weight excluding hydrogens is 285 g/mol. The molecule has 1 aromatic carbocycles. The molecule has 2 amide bonds. The van der Waals surface area contributed by atoms with Gasteiger partial charge in [0.1, 0.15) is 6.04 Å². The largest absolute Gasteiger partial charge is 0.416 e. The summed E-state index contributed by atoms with van der Waals surface area (Å²) in [5.74, 6) is -1.01. The predicted molar refractivity (Wildman–Crippen MR) is 69.0 cm³/mol. The Labute approximate surface area is 119 Å². The van der Waals surface area contributed by atoms with E-state index in [9.17, 15) is 22.8 Å². The summed E-state index contributed by atoms with van der Waals surface area (Å²) in [7, 11) is 0. The van der Waals surface area contributed by atoms with Crippen LogP contribution < -0.4 is 11.1 Å². The van der Waals surface area contributed by atoms with E-state index in [1.165, 1.54) is 12.1 Å². The van der Waals surface area contributed by atoms with Crippen LogP contribution in [0.25, 0.3) is 0 Å². The summed E-state index contributed by atoms with van der Waals surface area (Å²) in [5.41, 5.74) is 4.96. The molecule has 0 unspecified atom stereocenters. The van der Waals surface area contributed by atoms with Crippen LogP contribution in [0.2, 0.25) is 0 Å². The van der Waals surface area contributed by atoms with Gasteiger partial charge in [-0.05, 0) is 30.5 Å². The van der Waals surface area contributed by atoms with E-state index in [1.807, 2.05) is 0 Å². The number of halogens is 3. The van der Waals surface area contributed by atoms with Crippen molar-refractivity contribution in [3.63, 3.8) is 0 Å². The number of alkyl halides is 3. The fourth-order valence-corrected chi connectivity index (χ4v) is 1.92. The van der Waals surface area contributed by atoms with Crippen LogP contribution in [0.1, 0.15) is 24.0 Å². The van der Waals surface area contributed by atoms with E-state index < -0.39 is 23.7 Å². The van der Waals surface area contributed by atoms with Crippen LogP contribution >= 0.6 is 0 Å². The number of carbonyl (C=O) groups is 2. The molecule has 2 rings (SSSR count). The van der Waals surface area contributed by atoms with Gasteiger partial charge in [-0.15, -0.1) is 0 Å². The van der Waals surface area contributed by atoms with E-state index in [2.05, 4.69) is 5.32 Å². The first-order chi connectivity index (χ1) is 9.77. The number of benzene rings is 1. The fraction of sp³-hybridized carbons (Fsp3) is 0.429. The minimum absolute atomic E-state index is 0.0699. The first-order valence-electron chi connectivity index (χ1n) is 6.53. The third kappa shape index (κ3) is 4.21. The molecule has 1 fully saturated rings. The van der Waals surface area contributed by atoms with Crippen molar-refractivity contribution in [2.45, 2.75) is 31.5 Å². The van der Waals surface area contributed by atoms with Crippen LogP contribution in [-0.2, 0) is 22.2 Å². The van der Waals surface area contributed by atoms with Gasteiger partial charge >= 0.3 is 6.18 Å². The Bertz CT molecular complexity index is 536. The zero-order valence-electron chi connectivity index (χ0n) is 11.1. The van der Waals surface area contributed by atoms with Gasteiger partial charge in [0.2, 0.25) is 11.8 Å². The summed E-state index contributed by atoms with van der Waals surface area (Å²) in [6.45, 7) is 0. The standard InChI is InChI=1S/C14H15F3N2O2/c15-14(16,17)10-5-1-8(2-6-10)7-11(12(18)20)19-13(21)9-3-4-9/h1-2,5-6,9,11H,3-4,7H2,(H2,18,20)(H,19,21)/t11-/m0/s1. The molecule has 21 heavy (non-hydrogen) atoms. The Morgan fingerprint density at radius 2 is 1.81 bits per heavy atom. The number of rotatable bonds is 5. The Balaban J connectivity index is 2.02. The molecule has 7 heteroatoms. The van der Waals surface area contributed by atoms with Gasteiger partial charge in [-0.25, -0.2) is 0 Å². The maximum atomic E-state index is 12.4. The molecule has 0 saturated heterocycles. The van der Waals surface area contributed by atoms with Crippen LogP contribution in [0.3, 0.4) is 0 Å². The minimum Gasteiger partial charge on any atom is -0.368 e. The lowest BCUT2D eigenvalue weighted by molar-refractivity contribution is -0.137. The van der Waals surface area contributed by atoms with Crippen molar-refractivity contribution in [1.29, 1.82) is 0 Å². The first kappa shape index (κ1) is 15.3. The average Bonchev–Trinajstić information content (AvgIpc) is 3.21. The van der Waals surface area contributed by atoms with Gasteiger partial charge in [-0.3, -0.25) is 9.59 Å². The molecular formula is C14H15F3N2O2. The highest BCUT2D eigenvalue weighted by molar-refractivity contribution is 5.88. The summed E-state index contributed by atoms with van der Waals surface area (Å²) >= 11 is 0. The highest BCUT2D eigenvalue weighted by Gasteiger charge is 2.32. The average molecular weight is 300 g/mol. The van der Waals surface area contributed by atoms with Crippen molar-refractivity contribution in [3.05, 3.63) is 35.4 Å². The van der Waals surface area contributed by atoms with Gasteiger partial charge < -0.3 is 11.1 Å². The number of nitrogens with one attached hydrogen (secondary N) is 1. The molecule has 0 radical (unpaired) electrons. The lowest BCUT2D eigenvalue weighted by Crippen LogP contribution is -2.46. The Hall–Kier alpha value is -2.05. The fourth-order valence-electron chi connectivity index (χ4n) is 1.92. The van der Waals surface area contributed by atoms with E-state index in [0.29, 0.717) is 5.56 Å². The van der Waals surface area contributed by atoms with Gasteiger partial charge in [0.05, 0.1) is 5.56 Å². The van der Waals surface area contributed by atoms with Gasteiger partial charge in [-0.2, -0.15) is 13.2 Å². The van der Waals surface area contributed by atoms with Crippen molar-refractivity contribution < 1.29 is 22.8 Å². The molecule has 114 valence electrons. The summed E-state index contributed by atoms with van der Waals surface area (Å²) in [5, 5.41) is 2.54. The van der Waals surface area contributed by atoms with Crippen LogP contribution in [-0.4, -0.2) is 17.9 Å². The molecule has 0 bridgehead atoms. The highest BCUT2D eigenvalue weighted by atomic mass is 19.4. The van der Waals surface area contributed by atoms with Gasteiger partial charge in [0.25, 0.3) is 0 Å². The normalized spacial score (nSPS) is 16.3.